The zero-order valence-electron chi connectivity index (χ0n) is 31.9. The lowest BCUT2D eigenvalue weighted by atomic mass is 9.89. The zero-order chi connectivity index (χ0) is 39.3. The Morgan fingerprint density at radius 2 is 1.88 bits per heavy atom. The molecule has 1 saturated heterocycles. The highest BCUT2D eigenvalue weighted by molar-refractivity contribution is 5.93. The molecule has 2 heterocycles. The van der Waals surface area contributed by atoms with Crippen molar-refractivity contribution in [3.63, 3.8) is 0 Å². The normalized spacial score (nSPS) is 21.6. The standard InChI is InChI=1S/C45H53F2N3O6/c1-32-16-17-33(29-50-23-20-35(30-50)49-40-14-9-10-34-28-48-22-19-37(34)40)26-43(32)54-24-25-55-44(53)15-8-3-2-7-13-38-39(42(52)27-41(38)51)18-21-45(46,47)31-56-36-11-5-4-6-12-36/h2,4-7,9-12,14,16-19,21-22,26,28,35,38-39,41-42,49,51-52H,3,8,13,15,20,23-25,27,29-31H2,1H3/t35?,38-,39-,41+,42-/m1/s1. The molecule has 11 heteroatoms. The lowest BCUT2D eigenvalue weighted by Gasteiger charge is -2.20. The quantitative estimate of drug-likeness (QED) is 0.0498. The van der Waals surface area contributed by atoms with Crippen molar-refractivity contribution in [2.45, 2.75) is 76.2 Å². The third kappa shape index (κ3) is 11.8. The number of aliphatic hydroxyl groups excluding tert-OH is 2. The van der Waals surface area contributed by atoms with E-state index in [0.717, 1.165) is 54.5 Å². The summed E-state index contributed by atoms with van der Waals surface area (Å²) in [6.07, 6.45) is 10.9. The van der Waals surface area contributed by atoms with E-state index < -0.39 is 36.6 Å². The Morgan fingerprint density at radius 3 is 2.73 bits per heavy atom. The number of fused-ring (bicyclic) bond motifs is 1. The number of anilines is 1. The minimum atomic E-state index is -3.23. The number of nitrogens with one attached hydrogen (secondary N) is 1. The highest BCUT2D eigenvalue weighted by Crippen LogP contribution is 2.37. The van der Waals surface area contributed by atoms with Gasteiger partial charge in [0.25, 0.3) is 5.92 Å². The van der Waals surface area contributed by atoms with Crippen LogP contribution in [0.5, 0.6) is 11.5 Å². The average molecular weight is 770 g/mol. The fourth-order valence-corrected chi connectivity index (χ4v) is 7.54. The van der Waals surface area contributed by atoms with Gasteiger partial charge in [-0.1, -0.05) is 60.7 Å². The second kappa shape index (κ2) is 19.8. The Hall–Kier alpha value is -4.84. The smallest absolute Gasteiger partial charge is 0.305 e. The van der Waals surface area contributed by atoms with Gasteiger partial charge in [0, 0.05) is 73.3 Å². The molecule has 0 spiro atoms. The predicted octanol–water partition coefficient (Wildman–Crippen LogP) is 7.90. The number of carbonyl (C=O) groups excluding carboxylic acids is 1. The van der Waals surface area contributed by atoms with Gasteiger partial charge in [-0.15, -0.1) is 0 Å². The molecule has 4 aromatic rings. The number of benzene rings is 3. The van der Waals surface area contributed by atoms with E-state index in [4.69, 9.17) is 14.2 Å². The first kappa shape index (κ1) is 40.8. The molecule has 1 aliphatic heterocycles. The number of para-hydroxylation sites is 1. The summed E-state index contributed by atoms with van der Waals surface area (Å²) in [5.74, 6) is -3.41. The molecule has 1 aliphatic carbocycles. The fraction of sp³-hybridized carbons (Fsp3) is 0.422. The van der Waals surface area contributed by atoms with E-state index in [1.54, 1.807) is 30.3 Å². The second-order valence-corrected chi connectivity index (χ2v) is 14.9. The number of nitrogens with zero attached hydrogens (tertiary/aromatic N) is 2. The van der Waals surface area contributed by atoms with E-state index >= 15 is 0 Å². The fourth-order valence-electron chi connectivity index (χ4n) is 7.54. The SMILES string of the molecule is Cc1ccc(CN2CCC(Nc3cccc4cnccc34)C2)cc1OCCOC(=O)CCCC=CC[C@@H]1[C@@H](C=CC(F)(F)COc2ccccc2)[C@H](O)C[C@@H]1O. The van der Waals surface area contributed by atoms with Crippen LogP contribution < -0.4 is 14.8 Å². The number of allylic oxidation sites excluding steroid dienone is 2. The number of carbonyl (C=O) groups is 1. The summed E-state index contributed by atoms with van der Waals surface area (Å²) in [6, 6.07) is 23.4. The molecule has 56 heavy (non-hydrogen) atoms. The monoisotopic (exact) mass is 769 g/mol. The number of alkyl halides is 2. The number of hydrogen-bond acceptors (Lipinski definition) is 9. The van der Waals surface area contributed by atoms with Crippen LogP contribution in [-0.4, -0.2) is 83.1 Å². The number of rotatable bonds is 19. The number of aromatic nitrogens is 1. The molecule has 1 unspecified atom stereocenters. The zero-order valence-corrected chi connectivity index (χ0v) is 31.9. The maximum Gasteiger partial charge on any atom is 0.305 e. The van der Waals surface area contributed by atoms with Crippen molar-refractivity contribution in [3.8, 4) is 11.5 Å². The number of aryl methyl sites for hydroxylation is 1. The molecule has 5 atom stereocenters. The van der Waals surface area contributed by atoms with Gasteiger partial charge in [0.2, 0.25) is 0 Å². The number of esters is 1. The predicted molar refractivity (Wildman–Crippen MR) is 214 cm³/mol. The minimum Gasteiger partial charge on any atom is -0.490 e. The third-order valence-electron chi connectivity index (χ3n) is 10.6. The summed E-state index contributed by atoms with van der Waals surface area (Å²) in [6.45, 7) is 4.35. The summed E-state index contributed by atoms with van der Waals surface area (Å²) >= 11 is 0. The number of halogens is 2. The van der Waals surface area contributed by atoms with E-state index in [1.165, 1.54) is 17.0 Å². The van der Waals surface area contributed by atoms with Gasteiger partial charge < -0.3 is 29.7 Å². The maximum atomic E-state index is 14.5. The highest BCUT2D eigenvalue weighted by atomic mass is 19.3. The Labute approximate surface area is 328 Å². The summed E-state index contributed by atoms with van der Waals surface area (Å²) in [5.41, 5.74) is 3.33. The minimum absolute atomic E-state index is 0.128. The number of aliphatic hydroxyl groups is 2. The number of likely N-dealkylation sites (tertiary alicyclic amines) is 1. The average Bonchev–Trinajstić information content (AvgIpc) is 3.75. The van der Waals surface area contributed by atoms with Crippen LogP contribution in [0.2, 0.25) is 0 Å². The molecule has 0 amide bonds. The van der Waals surface area contributed by atoms with E-state index in [9.17, 15) is 23.8 Å². The van der Waals surface area contributed by atoms with Crippen LogP contribution in [0.15, 0.2) is 109 Å². The Balaban J connectivity index is 0.858. The molecule has 6 rings (SSSR count). The lowest BCUT2D eigenvalue weighted by molar-refractivity contribution is -0.144. The number of unbranched alkanes of at least 4 members (excludes halogenated alkanes) is 1. The second-order valence-electron chi connectivity index (χ2n) is 14.9. The van der Waals surface area contributed by atoms with Crippen LogP contribution >= 0.6 is 0 Å². The van der Waals surface area contributed by atoms with Crippen molar-refractivity contribution in [2.75, 3.05) is 38.2 Å². The van der Waals surface area contributed by atoms with Crippen molar-refractivity contribution in [1.29, 1.82) is 0 Å². The van der Waals surface area contributed by atoms with Gasteiger partial charge in [-0.2, -0.15) is 8.78 Å². The Morgan fingerprint density at radius 1 is 1.02 bits per heavy atom. The van der Waals surface area contributed by atoms with Gasteiger partial charge in [0.15, 0.2) is 6.61 Å². The first-order valence-corrected chi connectivity index (χ1v) is 19.6. The van der Waals surface area contributed by atoms with Crippen molar-refractivity contribution in [1.82, 2.24) is 9.88 Å². The van der Waals surface area contributed by atoms with Crippen LogP contribution in [0, 0.1) is 18.8 Å². The van der Waals surface area contributed by atoms with Crippen molar-refractivity contribution in [3.05, 3.63) is 121 Å². The van der Waals surface area contributed by atoms with Crippen LogP contribution in [-0.2, 0) is 16.1 Å². The first-order valence-electron chi connectivity index (χ1n) is 19.6. The van der Waals surface area contributed by atoms with E-state index in [2.05, 4.69) is 57.7 Å². The van der Waals surface area contributed by atoms with Gasteiger partial charge in [-0.05, 0) is 86.1 Å². The summed E-state index contributed by atoms with van der Waals surface area (Å²) in [4.78, 5) is 19.1. The molecule has 2 fully saturated rings. The molecule has 0 radical (unpaired) electrons. The topological polar surface area (TPSA) is 113 Å². The van der Waals surface area contributed by atoms with Crippen LogP contribution in [0.3, 0.4) is 0 Å². The van der Waals surface area contributed by atoms with Gasteiger partial charge >= 0.3 is 5.97 Å². The molecular formula is C45H53F2N3O6. The Bertz CT molecular complexity index is 1920. The maximum absolute atomic E-state index is 14.5. The molecule has 3 aromatic carbocycles. The number of ether oxygens (including phenoxy) is 3. The van der Waals surface area contributed by atoms with E-state index in [-0.39, 0.29) is 32.0 Å². The van der Waals surface area contributed by atoms with Crippen LogP contribution in [0.1, 0.15) is 49.7 Å². The van der Waals surface area contributed by atoms with Gasteiger partial charge in [0.1, 0.15) is 24.7 Å². The van der Waals surface area contributed by atoms with Crippen LogP contribution in [0.25, 0.3) is 10.8 Å². The summed E-state index contributed by atoms with van der Waals surface area (Å²) < 4.78 is 45.6. The lowest BCUT2D eigenvalue weighted by Crippen LogP contribution is -2.26. The number of pyridine rings is 1. The molecule has 2 aliphatic rings. The van der Waals surface area contributed by atoms with Crippen molar-refractivity contribution in [2.24, 2.45) is 11.8 Å². The molecular weight excluding hydrogens is 717 g/mol. The van der Waals surface area contributed by atoms with Crippen molar-refractivity contribution < 1.29 is 38.0 Å². The van der Waals surface area contributed by atoms with Gasteiger partial charge in [0.05, 0.1) is 12.2 Å². The molecule has 1 saturated carbocycles. The van der Waals surface area contributed by atoms with E-state index in [0.29, 0.717) is 31.1 Å². The molecule has 298 valence electrons. The first-order chi connectivity index (χ1) is 27.1. The molecule has 9 nitrogen and oxygen atoms in total. The molecule has 3 N–H and O–H groups in total. The van der Waals surface area contributed by atoms with Crippen LogP contribution in [0.4, 0.5) is 14.5 Å². The largest absolute Gasteiger partial charge is 0.490 e. The van der Waals surface area contributed by atoms with Gasteiger partial charge in [-0.25, -0.2) is 0 Å². The molecule has 1 aromatic heterocycles. The van der Waals surface area contributed by atoms with Crippen molar-refractivity contribution >= 4 is 22.4 Å². The highest BCUT2D eigenvalue weighted by Gasteiger charge is 2.40. The van der Waals surface area contributed by atoms with E-state index in [1.807, 2.05) is 31.5 Å². The van der Waals surface area contributed by atoms with Gasteiger partial charge in [-0.3, -0.25) is 14.7 Å². The number of hydrogen-bond donors (Lipinski definition) is 3. The summed E-state index contributed by atoms with van der Waals surface area (Å²) in [5, 5.41) is 27.0. The molecule has 0 bridgehead atoms. The Kier molecular flexibility index (Phi) is 14.5. The third-order valence-corrected chi connectivity index (χ3v) is 10.6. The summed E-state index contributed by atoms with van der Waals surface area (Å²) in [7, 11) is 0.